The zero-order valence-corrected chi connectivity index (χ0v) is 12.9. The first kappa shape index (κ1) is 14.9. The second-order valence-electron chi connectivity index (χ2n) is 5.11. The van der Waals surface area contributed by atoms with Gasteiger partial charge in [0.05, 0.1) is 0 Å². The van der Waals surface area contributed by atoms with Crippen LogP contribution in [0.3, 0.4) is 0 Å². The van der Waals surface area contributed by atoms with Gasteiger partial charge in [-0.25, -0.2) is 0 Å². The second-order valence-corrected chi connectivity index (χ2v) is 5.55. The van der Waals surface area contributed by atoms with Gasteiger partial charge in [0, 0.05) is 17.1 Å². The molecule has 0 saturated heterocycles. The lowest BCUT2D eigenvalue weighted by Crippen LogP contribution is -2.13. The van der Waals surface area contributed by atoms with Crippen LogP contribution in [0.2, 0.25) is 5.02 Å². The van der Waals surface area contributed by atoms with Gasteiger partial charge in [0.1, 0.15) is 11.5 Å². The molecule has 1 heterocycles. The third-order valence-electron chi connectivity index (χ3n) is 3.21. The van der Waals surface area contributed by atoms with Crippen LogP contribution < -0.4 is 5.32 Å². The minimum atomic E-state index is 0.492. The molecular formula is C17H20ClNO. The molecule has 20 heavy (non-hydrogen) atoms. The molecule has 0 unspecified atom stereocenters. The summed E-state index contributed by atoms with van der Waals surface area (Å²) in [7, 11) is 1.96. The maximum absolute atomic E-state index is 5.90. The number of halogens is 1. The monoisotopic (exact) mass is 289 g/mol. The third-order valence-corrected chi connectivity index (χ3v) is 3.46. The van der Waals surface area contributed by atoms with Crippen molar-refractivity contribution >= 4 is 17.7 Å². The number of rotatable bonds is 5. The van der Waals surface area contributed by atoms with E-state index in [4.69, 9.17) is 16.0 Å². The van der Waals surface area contributed by atoms with Crippen molar-refractivity contribution in [3.8, 4) is 11.3 Å². The van der Waals surface area contributed by atoms with Crippen LogP contribution >= 0.6 is 11.6 Å². The first-order chi connectivity index (χ1) is 9.60. The molecule has 0 radical (unpaired) electrons. The molecule has 0 aliphatic rings. The molecule has 106 valence electrons. The molecule has 0 aliphatic heterocycles. The van der Waals surface area contributed by atoms with Gasteiger partial charge < -0.3 is 9.73 Å². The van der Waals surface area contributed by atoms with Crippen LogP contribution in [-0.2, 0) is 0 Å². The van der Waals surface area contributed by atoms with E-state index in [-0.39, 0.29) is 0 Å². The fourth-order valence-corrected chi connectivity index (χ4v) is 2.13. The molecule has 1 aromatic heterocycles. The smallest absolute Gasteiger partial charge is 0.134 e. The van der Waals surface area contributed by atoms with Gasteiger partial charge in [-0.1, -0.05) is 31.0 Å². The molecule has 0 fully saturated rings. The molecule has 1 aromatic carbocycles. The van der Waals surface area contributed by atoms with E-state index in [1.165, 1.54) is 5.57 Å². The van der Waals surface area contributed by atoms with Crippen molar-refractivity contribution in [2.24, 2.45) is 5.92 Å². The van der Waals surface area contributed by atoms with Crippen molar-refractivity contribution in [2.45, 2.75) is 13.8 Å². The van der Waals surface area contributed by atoms with Gasteiger partial charge in [-0.3, -0.25) is 0 Å². The number of hydrogen-bond donors (Lipinski definition) is 1. The molecule has 0 amide bonds. The maximum Gasteiger partial charge on any atom is 0.134 e. The Morgan fingerprint density at radius 2 is 1.90 bits per heavy atom. The SMILES string of the molecule is CNCC(=Cc1ccc(-c2ccc(Cl)cc2)o1)C(C)C. The fraction of sp³-hybridized carbons (Fsp3) is 0.294. The zero-order chi connectivity index (χ0) is 14.5. The Morgan fingerprint density at radius 1 is 1.20 bits per heavy atom. The Balaban J connectivity index is 2.24. The van der Waals surface area contributed by atoms with E-state index in [0.29, 0.717) is 5.92 Å². The molecule has 1 N–H and O–H groups in total. The lowest BCUT2D eigenvalue weighted by atomic mass is 10.0. The highest BCUT2D eigenvalue weighted by atomic mass is 35.5. The summed E-state index contributed by atoms with van der Waals surface area (Å²) in [5, 5.41) is 3.92. The van der Waals surface area contributed by atoms with Gasteiger partial charge in [0.25, 0.3) is 0 Å². The van der Waals surface area contributed by atoms with E-state index in [2.05, 4.69) is 25.2 Å². The van der Waals surface area contributed by atoms with E-state index in [9.17, 15) is 0 Å². The zero-order valence-electron chi connectivity index (χ0n) is 12.1. The number of likely N-dealkylation sites (N-methyl/N-ethyl adjacent to an activating group) is 1. The van der Waals surface area contributed by atoms with E-state index < -0.39 is 0 Å². The number of nitrogens with one attached hydrogen (secondary N) is 1. The Bertz CT molecular complexity index is 581. The van der Waals surface area contributed by atoms with Crippen LogP contribution in [0.4, 0.5) is 0 Å². The Hall–Kier alpha value is -1.51. The third kappa shape index (κ3) is 3.75. The van der Waals surface area contributed by atoms with Crippen molar-refractivity contribution in [1.82, 2.24) is 5.32 Å². The molecule has 0 atom stereocenters. The summed E-state index contributed by atoms with van der Waals surface area (Å²) < 4.78 is 5.89. The average Bonchev–Trinajstić information content (AvgIpc) is 2.87. The molecule has 0 saturated carbocycles. The summed E-state index contributed by atoms with van der Waals surface area (Å²) in [5.74, 6) is 2.24. The highest BCUT2D eigenvalue weighted by Gasteiger charge is 2.06. The quantitative estimate of drug-likeness (QED) is 0.850. The Labute approximate surface area is 125 Å². The molecule has 2 nitrogen and oxygen atoms in total. The minimum absolute atomic E-state index is 0.492. The molecule has 0 aliphatic carbocycles. The van der Waals surface area contributed by atoms with Gasteiger partial charge in [-0.05, 0) is 55.4 Å². The van der Waals surface area contributed by atoms with Gasteiger partial charge in [-0.2, -0.15) is 0 Å². The van der Waals surface area contributed by atoms with Gasteiger partial charge in [0.2, 0.25) is 0 Å². The van der Waals surface area contributed by atoms with Crippen molar-refractivity contribution in [1.29, 1.82) is 0 Å². The summed E-state index contributed by atoms with van der Waals surface area (Å²) in [6.07, 6.45) is 2.11. The second kappa shape index (κ2) is 6.78. The fourth-order valence-electron chi connectivity index (χ4n) is 2.01. The maximum atomic E-state index is 5.90. The average molecular weight is 290 g/mol. The van der Waals surface area contributed by atoms with E-state index in [1.807, 2.05) is 43.4 Å². The van der Waals surface area contributed by atoms with Crippen LogP contribution in [0.25, 0.3) is 17.4 Å². The van der Waals surface area contributed by atoms with Gasteiger partial charge in [0.15, 0.2) is 0 Å². The normalized spacial score (nSPS) is 12.2. The van der Waals surface area contributed by atoms with Gasteiger partial charge in [-0.15, -0.1) is 0 Å². The van der Waals surface area contributed by atoms with Crippen LogP contribution in [0, 0.1) is 5.92 Å². The summed E-state index contributed by atoms with van der Waals surface area (Å²) in [4.78, 5) is 0. The number of benzene rings is 1. The summed E-state index contributed by atoms with van der Waals surface area (Å²) >= 11 is 5.90. The first-order valence-electron chi connectivity index (χ1n) is 6.81. The first-order valence-corrected chi connectivity index (χ1v) is 7.19. The van der Waals surface area contributed by atoms with E-state index >= 15 is 0 Å². The largest absolute Gasteiger partial charge is 0.457 e. The van der Waals surface area contributed by atoms with Crippen LogP contribution in [0.15, 0.2) is 46.4 Å². The summed E-state index contributed by atoms with van der Waals surface area (Å²) in [6, 6.07) is 11.7. The van der Waals surface area contributed by atoms with Crippen molar-refractivity contribution < 1.29 is 4.42 Å². The Morgan fingerprint density at radius 3 is 2.50 bits per heavy atom. The van der Waals surface area contributed by atoms with Crippen LogP contribution in [0.5, 0.6) is 0 Å². The minimum Gasteiger partial charge on any atom is -0.457 e. The number of hydrogen-bond acceptors (Lipinski definition) is 2. The van der Waals surface area contributed by atoms with Crippen molar-refractivity contribution in [3.05, 3.63) is 52.8 Å². The number of furan rings is 1. The molecule has 0 bridgehead atoms. The highest BCUT2D eigenvalue weighted by Crippen LogP contribution is 2.25. The van der Waals surface area contributed by atoms with Gasteiger partial charge >= 0.3 is 0 Å². The molecule has 0 spiro atoms. The molecule has 3 heteroatoms. The molecule has 2 rings (SSSR count). The highest BCUT2D eigenvalue weighted by molar-refractivity contribution is 6.30. The standard InChI is InChI=1S/C17H20ClNO/c1-12(2)14(11-19-3)10-16-8-9-17(20-16)13-4-6-15(18)7-5-13/h4-10,12,19H,11H2,1-3H3. The lowest BCUT2D eigenvalue weighted by Gasteiger charge is -2.09. The Kier molecular flexibility index (Phi) is 5.05. The lowest BCUT2D eigenvalue weighted by molar-refractivity contribution is 0.569. The predicted molar refractivity (Wildman–Crippen MR) is 85.9 cm³/mol. The van der Waals surface area contributed by atoms with Crippen LogP contribution in [0.1, 0.15) is 19.6 Å². The predicted octanol–water partition coefficient (Wildman–Crippen LogP) is 4.86. The summed E-state index contributed by atoms with van der Waals surface area (Å²) in [6.45, 7) is 5.24. The molecule has 2 aromatic rings. The van der Waals surface area contributed by atoms with Crippen molar-refractivity contribution in [3.63, 3.8) is 0 Å². The van der Waals surface area contributed by atoms with E-state index in [0.717, 1.165) is 28.7 Å². The summed E-state index contributed by atoms with van der Waals surface area (Å²) in [5.41, 5.74) is 2.36. The van der Waals surface area contributed by atoms with Crippen LogP contribution in [-0.4, -0.2) is 13.6 Å². The van der Waals surface area contributed by atoms with E-state index in [1.54, 1.807) is 0 Å². The topological polar surface area (TPSA) is 25.2 Å². The van der Waals surface area contributed by atoms with Crippen molar-refractivity contribution in [2.75, 3.05) is 13.6 Å². The molecular weight excluding hydrogens is 270 g/mol.